The van der Waals surface area contributed by atoms with Crippen LogP contribution in [0.3, 0.4) is 0 Å². The number of carbonyl (C=O) groups excluding carboxylic acids is 2. The molecule has 1 heterocycles. The van der Waals surface area contributed by atoms with E-state index in [0.717, 1.165) is 4.90 Å². The molecule has 0 fully saturated rings. The second-order valence-electron chi connectivity index (χ2n) is 7.36. The van der Waals surface area contributed by atoms with Crippen molar-refractivity contribution in [3.8, 4) is 11.5 Å². The number of benzene rings is 3. The van der Waals surface area contributed by atoms with Crippen molar-refractivity contribution in [1.29, 1.82) is 0 Å². The third-order valence-corrected chi connectivity index (χ3v) is 5.24. The third-order valence-electron chi connectivity index (χ3n) is 5.24. The van der Waals surface area contributed by atoms with Gasteiger partial charge in [0.25, 0.3) is 11.8 Å². The Bertz CT molecular complexity index is 1200. The van der Waals surface area contributed by atoms with Gasteiger partial charge in [0, 0.05) is 0 Å². The zero-order valence-electron chi connectivity index (χ0n) is 18.3. The van der Waals surface area contributed by atoms with Crippen molar-refractivity contribution in [1.82, 2.24) is 4.90 Å². The molecule has 0 spiro atoms. The minimum Gasteiger partial charge on any atom is -0.495 e. The van der Waals surface area contributed by atoms with Crippen LogP contribution < -0.4 is 14.8 Å². The molecule has 1 aliphatic heterocycles. The largest absolute Gasteiger partial charge is 0.495 e. The Morgan fingerprint density at radius 1 is 0.909 bits per heavy atom. The summed E-state index contributed by atoms with van der Waals surface area (Å²) in [5.41, 5.74) is 2.17. The predicted octanol–water partition coefficient (Wildman–Crippen LogP) is 4.63. The molecule has 0 bridgehead atoms. The van der Waals surface area contributed by atoms with Gasteiger partial charge in [-0.1, -0.05) is 36.4 Å². The first-order chi connectivity index (χ1) is 16.0. The van der Waals surface area contributed by atoms with Crippen LogP contribution in [0.2, 0.25) is 0 Å². The molecule has 3 aromatic carbocycles. The summed E-state index contributed by atoms with van der Waals surface area (Å²) in [5, 5.41) is 3.11. The van der Waals surface area contributed by atoms with Crippen molar-refractivity contribution >= 4 is 23.1 Å². The number of amides is 2. The maximum atomic E-state index is 13.4. The van der Waals surface area contributed by atoms with Crippen LogP contribution in [0.15, 0.2) is 78.5 Å². The van der Waals surface area contributed by atoms with Gasteiger partial charge in [0.2, 0.25) is 0 Å². The fourth-order valence-electron chi connectivity index (χ4n) is 3.64. The molecule has 7 heteroatoms. The molecule has 1 aliphatic rings. The molecule has 0 radical (unpaired) electrons. The van der Waals surface area contributed by atoms with E-state index in [9.17, 15) is 14.0 Å². The summed E-state index contributed by atoms with van der Waals surface area (Å²) in [4.78, 5) is 28.0. The van der Waals surface area contributed by atoms with Crippen molar-refractivity contribution in [3.05, 3.63) is 95.4 Å². The van der Waals surface area contributed by atoms with Gasteiger partial charge in [0.1, 0.15) is 23.0 Å². The Labute approximate surface area is 191 Å². The minimum atomic E-state index is -0.473. The summed E-state index contributed by atoms with van der Waals surface area (Å²) in [6, 6.07) is 19.9. The Morgan fingerprint density at radius 2 is 1.61 bits per heavy atom. The van der Waals surface area contributed by atoms with E-state index in [1.807, 2.05) is 13.0 Å². The zero-order chi connectivity index (χ0) is 23.4. The number of rotatable bonds is 8. The highest BCUT2D eigenvalue weighted by Crippen LogP contribution is 2.34. The molecule has 0 aliphatic carbocycles. The van der Waals surface area contributed by atoms with Gasteiger partial charge in [0.05, 0.1) is 31.5 Å². The number of ether oxygens (including phenoxy) is 2. The van der Waals surface area contributed by atoms with Crippen LogP contribution in [0.4, 0.5) is 10.1 Å². The molecule has 3 aromatic rings. The number of halogens is 1. The van der Waals surface area contributed by atoms with E-state index >= 15 is 0 Å². The lowest BCUT2D eigenvalue weighted by Gasteiger charge is -2.16. The maximum absolute atomic E-state index is 13.4. The van der Waals surface area contributed by atoms with Gasteiger partial charge in [0.15, 0.2) is 0 Å². The number of hydrogen-bond donors (Lipinski definition) is 1. The number of methoxy groups -OCH3 is 1. The first-order valence-corrected chi connectivity index (χ1v) is 10.5. The summed E-state index contributed by atoms with van der Waals surface area (Å²) in [5.74, 6) is -0.0936. The van der Waals surface area contributed by atoms with Crippen LogP contribution in [0.5, 0.6) is 11.5 Å². The number of hydrogen-bond acceptors (Lipinski definition) is 5. The van der Waals surface area contributed by atoms with Crippen molar-refractivity contribution in [3.63, 3.8) is 0 Å². The van der Waals surface area contributed by atoms with Crippen LogP contribution in [0.1, 0.15) is 18.1 Å². The van der Waals surface area contributed by atoms with E-state index in [1.54, 1.807) is 54.6 Å². The van der Waals surface area contributed by atoms with Gasteiger partial charge in [-0.3, -0.25) is 14.5 Å². The molecular weight excluding hydrogens is 423 g/mol. The highest BCUT2D eigenvalue weighted by Gasteiger charge is 2.39. The molecule has 6 nitrogen and oxygen atoms in total. The summed E-state index contributed by atoms with van der Waals surface area (Å²) in [6.45, 7) is 2.43. The fourth-order valence-corrected chi connectivity index (χ4v) is 3.64. The van der Waals surface area contributed by atoms with Crippen LogP contribution in [-0.2, 0) is 16.1 Å². The first-order valence-electron chi connectivity index (χ1n) is 10.5. The molecule has 0 aromatic heterocycles. The van der Waals surface area contributed by atoms with Gasteiger partial charge < -0.3 is 14.8 Å². The van der Waals surface area contributed by atoms with Gasteiger partial charge in [-0.2, -0.15) is 0 Å². The molecule has 0 saturated carbocycles. The smallest absolute Gasteiger partial charge is 0.278 e. The molecule has 4 rings (SSSR count). The fraction of sp³-hybridized carbons (Fsp3) is 0.154. The summed E-state index contributed by atoms with van der Waals surface area (Å²) >= 11 is 0. The minimum absolute atomic E-state index is 0.0234. The Hall–Kier alpha value is -4.13. The Kier molecular flexibility index (Phi) is 6.40. The predicted molar refractivity (Wildman–Crippen MR) is 123 cm³/mol. The number of anilines is 1. The number of carbonyl (C=O) groups is 2. The number of nitrogens with one attached hydrogen (secondary N) is 1. The maximum Gasteiger partial charge on any atom is 0.278 e. The first kappa shape index (κ1) is 22.1. The normalized spacial score (nSPS) is 13.5. The summed E-state index contributed by atoms with van der Waals surface area (Å²) in [6.07, 6.45) is 0. The topological polar surface area (TPSA) is 67.9 Å². The third kappa shape index (κ3) is 4.57. The average Bonchev–Trinajstić information content (AvgIpc) is 3.06. The average molecular weight is 446 g/mol. The quantitative estimate of drug-likeness (QED) is 0.511. The van der Waals surface area contributed by atoms with Crippen LogP contribution >= 0.6 is 0 Å². The van der Waals surface area contributed by atoms with Crippen LogP contribution in [0.25, 0.3) is 5.57 Å². The molecule has 1 N–H and O–H groups in total. The van der Waals surface area contributed by atoms with Gasteiger partial charge in [-0.25, -0.2) is 4.39 Å². The van der Waals surface area contributed by atoms with E-state index in [-0.39, 0.29) is 23.6 Å². The van der Waals surface area contributed by atoms with Crippen LogP contribution in [-0.4, -0.2) is 30.4 Å². The van der Waals surface area contributed by atoms with Crippen molar-refractivity contribution < 1.29 is 23.5 Å². The number of nitrogens with zero attached hydrogens (tertiary/aromatic N) is 1. The van der Waals surface area contributed by atoms with Crippen molar-refractivity contribution in [2.75, 3.05) is 19.0 Å². The molecule has 168 valence electrons. The van der Waals surface area contributed by atoms with Gasteiger partial charge >= 0.3 is 0 Å². The summed E-state index contributed by atoms with van der Waals surface area (Å²) < 4.78 is 24.2. The monoisotopic (exact) mass is 446 g/mol. The van der Waals surface area contributed by atoms with E-state index in [1.165, 1.54) is 19.2 Å². The second-order valence-corrected chi connectivity index (χ2v) is 7.36. The molecule has 2 amide bonds. The standard InChI is InChI=1S/C26H23FN2O4/c1-3-33-20-14-10-18(11-15-20)23-24(28-21-6-4-5-7-22(21)32-2)26(31)29(25(23)30)16-17-8-12-19(27)13-9-17/h4-15,28H,3,16H2,1-2H3. The van der Waals surface area contributed by atoms with Crippen molar-refractivity contribution in [2.24, 2.45) is 0 Å². The highest BCUT2D eigenvalue weighted by molar-refractivity contribution is 6.36. The lowest BCUT2D eigenvalue weighted by atomic mass is 10.0. The second kappa shape index (κ2) is 9.56. The summed E-state index contributed by atoms with van der Waals surface area (Å²) in [7, 11) is 1.53. The van der Waals surface area contributed by atoms with Crippen LogP contribution in [0, 0.1) is 5.82 Å². The SMILES string of the molecule is CCOc1ccc(C2=C(Nc3ccccc3OC)C(=O)N(Cc3ccc(F)cc3)C2=O)cc1. The lowest BCUT2D eigenvalue weighted by molar-refractivity contribution is -0.137. The Morgan fingerprint density at radius 3 is 2.27 bits per heavy atom. The van der Waals surface area contributed by atoms with E-state index in [0.29, 0.717) is 34.9 Å². The number of para-hydroxylation sites is 2. The molecule has 0 unspecified atom stereocenters. The molecule has 0 saturated heterocycles. The Balaban J connectivity index is 1.74. The van der Waals surface area contributed by atoms with Gasteiger partial charge in [-0.15, -0.1) is 0 Å². The molecular formula is C26H23FN2O4. The molecule has 33 heavy (non-hydrogen) atoms. The zero-order valence-corrected chi connectivity index (χ0v) is 18.3. The van der Waals surface area contributed by atoms with Gasteiger partial charge in [-0.05, 0) is 54.4 Å². The lowest BCUT2D eigenvalue weighted by Crippen LogP contribution is -2.32. The van der Waals surface area contributed by atoms with E-state index < -0.39 is 11.8 Å². The highest BCUT2D eigenvalue weighted by atomic mass is 19.1. The van der Waals surface area contributed by atoms with E-state index in [4.69, 9.17) is 9.47 Å². The van der Waals surface area contributed by atoms with E-state index in [2.05, 4.69) is 5.32 Å². The number of imide groups is 1. The molecule has 0 atom stereocenters. The van der Waals surface area contributed by atoms with Crippen molar-refractivity contribution in [2.45, 2.75) is 13.5 Å².